The summed E-state index contributed by atoms with van der Waals surface area (Å²) in [4.78, 5) is 0. The Balaban J connectivity index is 1.30. The lowest BCUT2D eigenvalue weighted by Crippen LogP contribution is -2.52. The van der Waals surface area contributed by atoms with E-state index in [1.165, 1.54) is 17.5 Å². The minimum atomic E-state index is -0.812. The quantitative estimate of drug-likeness (QED) is 0.398. The maximum atomic E-state index is 12.2. The Morgan fingerprint density at radius 3 is 2.74 bits per heavy atom. The van der Waals surface area contributed by atoms with E-state index in [-0.39, 0.29) is 5.41 Å². The highest BCUT2D eigenvalue weighted by molar-refractivity contribution is 7.71. The number of hydrogen-bond acceptors (Lipinski definition) is 4. The predicted octanol–water partition coefficient (Wildman–Crippen LogP) is 6.42. The van der Waals surface area contributed by atoms with E-state index in [1.807, 2.05) is 28.8 Å². The van der Waals surface area contributed by atoms with Crippen LogP contribution in [0.15, 0.2) is 42.5 Å². The highest BCUT2D eigenvalue weighted by Gasteiger charge is 2.61. The zero-order valence-corrected chi connectivity index (χ0v) is 21.8. The Hall–Kier alpha value is -2.15. The van der Waals surface area contributed by atoms with Crippen LogP contribution in [-0.4, -0.2) is 32.6 Å². The van der Waals surface area contributed by atoms with Gasteiger partial charge in [0.2, 0.25) is 0 Å². The Kier molecular flexibility index (Phi) is 5.62. The van der Waals surface area contributed by atoms with Crippen LogP contribution in [0.2, 0.25) is 5.02 Å². The van der Waals surface area contributed by atoms with Crippen molar-refractivity contribution in [1.82, 2.24) is 14.8 Å². The lowest BCUT2D eigenvalue weighted by Gasteiger charge is -2.53. The fourth-order valence-corrected chi connectivity index (χ4v) is 8.03. The highest BCUT2D eigenvalue weighted by Crippen LogP contribution is 2.64. The van der Waals surface area contributed by atoms with Crippen molar-refractivity contribution in [3.05, 3.63) is 69.2 Å². The SMILES string of the molecule is COc1ccc2c(c1)CC[C@@H]1[C@@H]2CC[C@@]2(C)[C@H]1CC[C@@]2(O)Cc1n[nH]c(=S)n1-c1ccc(Cl)cc1. The zero-order valence-electron chi connectivity index (χ0n) is 20.3. The molecular weight excluding hydrogens is 478 g/mol. The van der Waals surface area contributed by atoms with E-state index in [4.69, 9.17) is 28.6 Å². The number of ether oxygens (including phenoxy) is 1. The second kappa shape index (κ2) is 8.46. The van der Waals surface area contributed by atoms with Gasteiger partial charge in [0.1, 0.15) is 11.6 Å². The maximum absolute atomic E-state index is 12.2. The third kappa shape index (κ3) is 3.59. The maximum Gasteiger partial charge on any atom is 0.199 e. The minimum Gasteiger partial charge on any atom is -0.497 e. The normalized spacial score (nSPS) is 31.5. The van der Waals surface area contributed by atoms with Gasteiger partial charge in [-0.1, -0.05) is 24.6 Å². The fourth-order valence-electron chi connectivity index (χ4n) is 7.65. The van der Waals surface area contributed by atoms with Crippen LogP contribution >= 0.6 is 23.8 Å². The molecule has 3 aliphatic carbocycles. The van der Waals surface area contributed by atoms with Crippen LogP contribution in [0.4, 0.5) is 0 Å². The molecule has 0 amide bonds. The molecule has 1 heterocycles. The first-order chi connectivity index (χ1) is 16.8. The van der Waals surface area contributed by atoms with Gasteiger partial charge in [-0.05, 0) is 121 Å². The molecule has 0 saturated heterocycles. The number of methoxy groups -OCH3 is 1. The van der Waals surface area contributed by atoms with Crippen molar-refractivity contribution in [2.75, 3.05) is 7.11 Å². The lowest BCUT2D eigenvalue weighted by atomic mass is 9.53. The number of nitrogens with zero attached hydrogens (tertiary/aromatic N) is 2. The Bertz CT molecular complexity index is 1320. The number of H-pyrrole nitrogens is 1. The molecule has 5 nitrogen and oxygen atoms in total. The van der Waals surface area contributed by atoms with E-state index in [9.17, 15) is 5.11 Å². The average molecular weight is 510 g/mol. The van der Waals surface area contributed by atoms with E-state index in [0.29, 0.717) is 34.0 Å². The summed E-state index contributed by atoms with van der Waals surface area (Å²) in [6.07, 6.45) is 6.76. The molecule has 35 heavy (non-hydrogen) atoms. The highest BCUT2D eigenvalue weighted by atomic mass is 35.5. The van der Waals surface area contributed by atoms with E-state index < -0.39 is 5.60 Å². The molecule has 6 rings (SSSR count). The summed E-state index contributed by atoms with van der Waals surface area (Å²) in [5, 5.41) is 20.4. The molecule has 2 aromatic carbocycles. The first-order valence-electron chi connectivity index (χ1n) is 12.6. The van der Waals surface area contributed by atoms with Crippen LogP contribution in [0.25, 0.3) is 5.69 Å². The van der Waals surface area contributed by atoms with E-state index >= 15 is 0 Å². The summed E-state index contributed by atoms with van der Waals surface area (Å²) < 4.78 is 7.95. The van der Waals surface area contributed by atoms with Gasteiger partial charge in [-0.2, -0.15) is 5.10 Å². The summed E-state index contributed by atoms with van der Waals surface area (Å²) in [7, 11) is 1.74. The largest absolute Gasteiger partial charge is 0.497 e. The zero-order chi connectivity index (χ0) is 24.4. The number of aromatic amines is 1. The van der Waals surface area contributed by atoms with Gasteiger partial charge in [0.05, 0.1) is 12.7 Å². The molecule has 5 atom stereocenters. The summed E-state index contributed by atoms with van der Waals surface area (Å²) in [5.41, 5.74) is 2.91. The molecule has 1 aromatic heterocycles. The van der Waals surface area contributed by atoms with Crippen LogP contribution in [0, 0.1) is 22.0 Å². The van der Waals surface area contributed by atoms with Crippen molar-refractivity contribution >= 4 is 23.8 Å². The van der Waals surface area contributed by atoms with Crippen LogP contribution in [0.3, 0.4) is 0 Å². The number of benzene rings is 2. The van der Waals surface area contributed by atoms with Gasteiger partial charge in [-0.25, -0.2) is 0 Å². The van der Waals surface area contributed by atoms with Crippen LogP contribution in [0.5, 0.6) is 5.75 Å². The summed E-state index contributed by atoms with van der Waals surface area (Å²) in [6, 6.07) is 14.2. The number of nitrogens with one attached hydrogen (secondary N) is 1. The van der Waals surface area contributed by atoms with Gasteiger partial charge in [-0.3, -0.25) is 9.67 Å². The Morgan fingerprint density at radius 2 is 1.97 bits per heavy atom. The van der Waals surface area contributed by atoms with Crippen molar-refractivity contribution in [2.45, 2.75) is 63.4 Å². The lowest BCUT2D eigenvalue weighted by molar-refractivity contribution is -0.103. The minimum absolute atomic E-state index is 0.142. The van der Waals surface area contributed by atoms with Gasteiger partial charge < -0.3 is 9.84 Å². The molecule has 0 unspecified atom stereocenters. The molecule has 184 valence electrons. The number of aromatic nitrogens is 3. The molecule has 7 heteroatoms. The standard InChI is InChI=1S/C28H32ClN3O2S/c1-27-13-11-22-21-10-8-20(34-2)15-17(21)3-9-23(22)24(27)12-14-28(27,33)16-25-30-31-26(35)32(25)19-6-4-18(29)5-7-19/h4-8,10,15,22-24,33H,3,9,11-14,16H2,1-2H3,(H,31,35)/t22-,23-,24+,27+,28-/m1/s1. The molecule has 2 fully saturated rings. The molecule has 0 radical (unpaired) electrons. The second-order valence-electron chi connectivity index (χ2n) is 10.9. The molecule has 0 bridgehead atoms. The van der Waals surface area contributed by atoms with Crippen LogP contribution in [0.1, 0.15) is 61.9 Å². The molecule has 0 aliphatic heterocycles. The van der Waals surface area contributed by atoms with Crippen molar-refractivity contribution in [1.29, 1.82) is 0 Å². The van der Waals surface area contributed by atoms with Crippen LogP contribution < -0.4 is 4.74 Å². The second-order valence-corrected chi connectivity index (χ2v) is 11.8. The van der Waals surface area contributed by atoms with Crippen molar-refractivity contribution in [3.63, 3.8) is 0 Å². The van der Waals surface area contributed by atoms with Gasteiger partial charge in [0, 0.05) is 17.1 Å². The Morgan fingerprint density at radius 1 is 1.17 bits per heavy atom. The number of hydrogen-bond donors (Lipinski definition) is 2. The van der Waals surface area contributed by atoms with Crippen molar-refractivity contribution in [2.24, 2.45) is 17.3 Å². The van der Waals surface area contributed by atoms with Gasteiger partial charge in [0.25, 0.3) is 0 Å². The van der Waals surface area contributed by atoms with E-state index in [1.54, 1.807) is 7.11 Å². The smallest absolute Gasteiger partial charge is 0.199 e. The summed E-state index contributed by atoms with van der Waals surface area (Å²) in [6.45, 7) is 2.33. The molecular formula is C28H32ClN3O2S. The monoisotopic (exact) mass is 509 g/mol. The number of aryl methyl sites for hydroxylation is 1. The number of fused-ring (bicyclic) bond motifs is 5. The van der Waals surface area contributed by atoms with Gasteiger partial charge in [0.15, 0.2) is 4.77 Å². The number of halogens is 1. The third-order valence-electron chi connectivity index (χ3n) is 9.53. The van der Waals surface area contributed by atoms with E-state index in [0.717, 1.165) is 49.4 Å². The first kappa shape index (κ1) is 23.3. The average Bonchev–Trinajstić information content (AvgIpc) is 3.35. The van der Waals surface area contributed by atoms with Gasteiger partial charge in [-0.15, -0.1) is 0 Å². The first-order valence-corrected chi connectivity index (χ1v) is 13.4. The fraction of sp³-hybridized carbons (Fsp3) is 0.500. The molecule has 0 spiro atoms. The Labute approximate surface area is 216 Å². The summed E-state index contributed by atoms with van der Waals surface area (Å²) in [5.74, 6) is 3.43. The molecule has 3 aliphatic rings. The number of rotatable bonds is 4. The number of aliphatic hydroxyl groups is 1. The van der Waals surface area contributed by atoms with Crippen LogP contribution in [-0.2, 0) is 12.8 Å². The predicted molar refractivity (Wildman–Crippen MR) is 140 cm³/mol. The van der Waals surface area contributed by atoms with Crippen molar-refractivity contribution in [3.8, 4) is 11.4 Å². The van der Waals surface area contributed by atoms with E-state index in [2.05, 4.69) is 35.3 Å². The summed E-state index contributed by atoms with van der Waals surface area (Å²) >= 11 is 11.7. The van der Waals surface area contributed by atoms with Crippen molar-refractivity contribution < 1.29 is 9.84 Å². The molecule has 2 saturated carbocycles. The third-order valence-corrected chi connectivity index (χ3v) is 10.1. The molecule has 3 aromatic rings. The van der Waals surface area contributed by atoms with Gasteiger partial charge >= 0.3 is 0 Å². The topological polar surface area (TPSA) is 63.1 Å². The molecule has 2 N–H and O–H groups in total.